The highest BCUT2D eigenvalue weighted by molar-refractivity contribution is 7.14. The molecule has 132 valence electrons. The maximum absolute atomic E-state index is 12.6. The Kier molecular flexibility index (Phi) is 5.49. The van der Waals surface area contributed by atoms with Crippen LogP contribution < -0.4 is 5.32 Å². The Bertz CT molecular complexity index is 727. The van der Waals surface area contributed by atoms with Crippen LogP contribution >= 0.6 is 11.3 Å². The van der Waals surface area contributed by atoms with Gasteiger partial charge in [-0.05, 0) is 19.1 Å². The number of hydrogen-bond donors (Lipinski definition) is 1. The molecule has 3 rings (SSSR count). The van der Waals surface area contributed by atoms with Crippen LogP contribution in [0.3, 0.4) is 0 Å². The van der Waals surface area contributed by atoms with Crippen molar-refractivity contribution in [2.24, 2.45) is 0 Å². The first-order chi connectivity index (χ1) is 12.2. The molecule has 2 amide bonds. The first-order valence-corrected chi connectivity index (χ1v) is 9.04. The zero-order chi connectivity index (χ0) is 17.6. The molecule has 1 saturated heterocycles. The number of amides is 2. The van der Waals surface area contributed by atoms with Crippen LogP contribution in [0.25, 0.3) is 0 Å². The highest BCUT2D eigenvalue weighted by Gasteiger charge is 2.26. The number of piperazine rings is 1. The highest BCUT2D eigenvalue weighted by Crippen LogP contribution is 2.21. The van der Waals surface area contributed by atoms with Gasteiger partial charge in [-0.2, -0.15) is 0 Å². The molecule has 2 heterocycles. The van der Waals surface area contributed by atoms with E-state index in [9.17, 15) is 9.59 Å². The van der Waals surface area contributed by atoms with Crippen LogP contribution in [-0.4, -0.2) is 59.6 Å². The van der Waals surface area contributed by atoms with E-state index in [4.69, 9.17) is 4.74 Å². The maximum atomic E-state index is 12.6. The minimum absolute atomic E-state index is 0.110. The van der Waals surface area contributed by atoms with Gasteiger partial charge >= 0.3 is 6.09 Å². The van der Waals surface area contributed by atoms with Crippen molar-refractivity contribution in [1.29, 1.82) is 0 Å². The number of nitrogens with zero attached hydrogens (tertiary/aromatic N) is 3. The lowest BCUT2D eigenvalue weighted by atomic mass is 10.3. The number of carbonyl (C=O) groups is 2. The van der Waals surface area contributed by atoms with E-state index in [1.807, 2.05) is 30.3 Å². The van der Waals surface area contributed by atoms with Crippen LogP contribution in [0.5, 0.6) is 0 Å². The third-order valence-electron chi connectivity index (χ3n) is 3.84. The summed E-state index contributed by atoms with van der Waals surface area (Å²) in [5, 5.41) is 5.62. The Labute approximate surface area is 150 Å². The molecule has 2 aromatic rings. The second-order valence-corrected chi connectivity index (χ2v) is 6.37. The van der Waals surface area contributed by atoms with E-state index in [0.717, 1.165) is 5.69 Å². The first-order valence-electron chi connectivity index (χ1n) is 8.16. The molecule has 1 aliphatic rings. The van der Waals surface area contributed by atoms with Gasteiger partial charge in [0.15, 0.2) is 5.13 Å². The van der Waals surface area contributed by atoms with Crippen molar-refractivity contribution in [1.82, 2.24) is 14.8 Å². The van der Waals surface area contributed by atoms with E-state index in [1.165, 1.54) is 11.3 Å². The fraction of sp³-hybridized carbons (Fsp3) is 0.353. The van der Waals surface area contributed by atoms with Gasteiger partial charge in [0.25, 0.3) is 5.91 Å². The summed E-state index contributed by atoms with van der Waals surface area (Å²) in [6, 6.07) is 9.70. The number of nitrogens with one attached hydrogen (secondary N) is 1. The van der Waals surface area contributed by atoms with Crippen molar-refractivity contribution >= 4 is 34.2 Å². The second kappa shape index (κ2) is 7.98. The number of hydrogen-bond acceptors (Lipinski definition) is 6. The van der Waals surface area contributed by atoms with Crippen LogP contribution in [0.1, 0.15) is 17.4 Å². The van der Waals surface area contributed by atoms with E-state index in [2.05, 4.69) is 10.3 Å². The van der Waals surface area contributed by atoms with Crippen molar-refractivity contribution in [3.8, 4) is 0 Å². The quantitative estimate of drug-likeness (QED) is 0.907. The number of carbonyl (C=O) groups excluding carboxylic acids is 2. The lowest BCUT2D eigenvalue weighted by molar-refractivity contribution is 0.0566. The summed E-state index contributed by atoms with van der Waals surface area (Å²) < 4.78 is 4.99. The van der Waals surface area contributed by atoms with Crippen LogP contribution in [-0.2, 0) is 4.74 Å². The summed E-state index contributed by atoms with van der Waals surface area (Å²) >= 11 is 1.39. The first kappa shape index (κ1) is 17.2. The SMILES string of the molecule is CCOC(=O)N1CCN(C(=O)c2csc(Nc3ccccc3)n2)CC1. The number of anilines is 2. The highest BCUT2D eigenvalue weighted by atomic mass is 32.1. The van der Waals surface area contributed by atoms with Gasteiger partial charge in [-0.3, -0.25) is 4.79 Å². The number of rotatable bonds is 4. The average Bonchev–Trinajstić information content (AvgIpc) is 3.11. The molecule has 0 aliphatic carbocycles. The van der Waals surface area contributed by atoms with E-state index >= 15 is 0 Å². The zero-order valence-corrected chi connectivity index (χ0v) is 14.8. The van der Waals surface area contributed by atoms with E-state index in [-0.39, 0.29) is 12.0 Å². The molecule has 0 spiro atoms. The lowest BCUT2D eigenvalue weighted by Crippen LogP contribution is -2.50. The van der Waals surface area contributed by atoms with Crippen LogP contribution in [0.2, 0.25) is 0 Å². The van der Waals surface area contributed by atoms with Crippen molar-refractivity contribution in [3.63, 3.8) is 0 Å². The topological polar surface area (TPSA) is 74.8 Å². The van der Waals surface area contributed by atoms with Gasteiger partial charge in [-0.1, -0.05) is 18.2 Å². The van der Waals surface area contributed by atoms with Gasteiger partial charge in [0.2, 0.25) is 0 Å². The largest absolute Gasteiger partial charge is 0.450 e. The summed E-state index contributed by atoms with van der Waals surface area (Å²) in [5.74, 6) is -0.110. The molecule has 1 aromatic carbocycles. The normalized spacial score (nSPS) is 14.3. The molecule has 0 bridgehead atoms. The van der Waals surface area contributed by atoms with Gasteiger partial charge in [0.05, 0.1) is 6.61 Å². The Balaban J connectivity index is 1.56. The van der Waals surface area contributed by atoms with Gasteiger partial charge in [0.1, 0.15) is 5.69 Å². The fourth-order valence-corrected chi connectivity index (χ4v) is 3.25. The van der Waals surface area contributed by atoms with E-state index in [0.29, 0.717) is 43.6 Å². The smallest absolute Gasteiger partial charge is 0.409 e. The summed E-state index contributed by atoms with van der Waals surface area (Å²) in [4.78, 5) is 32.0. The Hall–Kier alpha value is -2.61. The minimum atomic E-state index is -0.322. The van der Waals surface area contributed by atoms with Gasteiger partial charge < -0.3 is 19.9 Å². The number of ether oxygens (including phenoxy) is 1. The molecule has 25 heavy (non-hydrogen) atoms. The number of para-hydroxylation sites is 1. The molecule has 0 unspecified atom stereocenters. The predicted octanol–water partition coefficient (Wildman–Crippen LogP) is 2.80. The average molecular weight is 360 g/mol. The van der Waals surface area contributed by atoms with E-state index < -0.39 is 0 Å². The zero-order valence-electron chi connectivity index (χ0n) is 14.0. The van der Waals surface area contributed by atoms with Crippen molar-refractivity contribution in [2.45, 2.75) is 6.92 Å². The third kappa shape index (κ3) is 4.27. The monoisotopic (exact) mass is 360 g/mol. The van der Waals surface area contributed by atoms with Crippen molar-refractivity contribution in [3.05, 3.63) is 41.4 Å². The molecular weight excluding hydrogens is 340 g/mol. The second-order valence-electron chi connectivity index (χ2n) is 5.51. The number of thiazole rings is 1. The van der Waals surface area contributed by atoms with Crippen molar-refractivity contribution in [2.75, 3.05) is 38.1 Å². The Morgan fingerprint density at radius 3 is 2.52 bits per heavy atom. The predicted molar refractivity (Wildman–Crippen MR) is 96.3 cm³/mol. The molecule has 1 fully saturated rings. The van der Waals surface area contributed by atoms with Gasteiger partial charge in [-0.25, -0.2) is 9.78 Å². The third-order valence-corrected chi connectivity index (χ3v) is 4.60. The van der Waals surface area contributed by atoms with Crippen molar-refractivity contribution < 1.29 is 14.3 Å². The number of benzene rings is 1. The molecule has 0 radical (unpaired) electrons. The van der Waals surface area contributed by atoms with Crippen LogP contribution in [0, 0.1) is 0 Å². The van der Waals surface area contributed by atoms with Gasteiger partial charge in [-0.15, -0.1) is 11.3 Å². The fourth-order valence-electron chi connectivity index (χ4n) is 2.54. The maximum Gasteiger partial charge on any atom is 0.409 e. The number of aromatic nitrogens is 1. The van der Waals surface area contributed by atoms with Crippen LogP contribution in [0.4, 0.5) is 15.6 Å². The Morgan fingerprint density at radius 2 is 1.84 bits per heavy atom. The molecule has 7 nitrogen and oxygen atoms in total. The lowest BCUT2D eigenvalue weighted by Gasteiger charge is -2.33. The van der Waals surface area contributed by atoms with Crippen LogP contribution in [0.15, 0.2) is 35.7 Å². The molecule has 1 N–H and O–H groups in total. The van der Waals surface area contributed by atoms with Gasteiger partial charge in [0, 0.05) is 37.2 Å². The summed E-state index contributed by atoms with van der Waals surface area (Å²) in [7, 11) is 0. The minimum Gasteiger partial charge on any atom is -0.450 e. The summed E-state index contributed by atoms with van der Waals surface area (Å²) in [6.45, 7) is 4.05. The summed E-state index contributed by atoms with van der Waals surface area (Å²) in [5.41, 5.74) is 1.35. The molecule has 1 aliphatic heterocycles. The Morgan fingerprint density at radius 1 is 1.16 bits per heavy atom. The molecule has 8 heteroatoms. The van der Waals surface area contributed by atoms with E-state index in [1.54, 1.807) is 22.1 Å². The molecule has 0 atom stereocenters. The molecule has 1 aromatic heterocycles. The molecule has 0 saturated carbocycles. The summed E-state index contributed by atoms with van der Waals surface area (Å²) in [6.07, 6.45) is -0.322. The molecular formula is C17H20N4O3S. The standard InChI is InChI=1S/C17H20N4O3S/c1-2-24-17(23)21-10-8-20(9-11-21)15(22)14-12-25-16(19-14)18-13-6-4-3-5-7-13/h3-7,12H,2,8-11H2,1H3,(H,18,19).